The molecule has 5 nitrogen and oxygen atoms in total. The first kappa shape index (κ1) is 18.1. The number of aryl methyl sites for hydroxylation is 2. The fourth-order valence-corrected chi connectivity index (χ4v) is 5.34. The summed E-state index contributed by atoms with van der Waals surface area (Å²) in [6.45, 7) is 4.03. The van der Waals surface area contributed by atoms with Crippen LogP contribution < -0.4 is 5.56 Å². The van der Waals surface area contributed by atoms with Crippen molar-refractivity contribution >= 4 is 44.3 Å². The number of nitrogens with one attached hydrogen (secondary N) is 1. The van der Waals surface area contributed by atoms with Gasteiger partial charge in [-0.3, -0.25) is 9.36 Å². The second-order valence-corrected chi connectivity index (χ2v) is 8.97. The fraction of sp³-hybridized carbons (Fsp3) is 0.136. The van der Waals surface area contributed by atoms with Crippen LogP contribution in [-0.2, 0) is 5.75 Å². The van der Waals surface area contributed by atoms with E-state index in [1.807, 2.05) is 68.4 Å². The molecule has 0 unspecified atom stereocenters. The molecule has 0 amide bonds. The molecule has 3 aromatic heterocycles. The molecule has 0 aliphatic heterocycles. The number of hydrogen-bond acceptors (Lipinski definition) is 5. The van der Waals surface area contributed by atoms with E-state index in [2.05, 4.69) is 9.97 Å². The van der Waals surface area contributed by atoms with Crippen molar-refractivity contribution in [3.05, 3.63) is 81.2 Å². The van der Waals surface area contributed by atoms with E-state index in [9.17, 15) is 4.79 Å². The quantitative estimate of drug-likeness (QED) is 0.320. The zero-order valence-electron chi connectivity index (χ0n) is 16.0. The third kappa shape index (κ3) is 3.16. The SMILES string of the molecule is Cc1sc2nc(SCc3nc4ccccc4[nH]3)n(-c3ccccc3)c(=O)c2c1C. The Balaban J connectivity index is 1.62. The summed E-state index contributed by atoms with van der Waals surface area (Å²) in [4.78, 5) is 28.2. The van der Waals surface area contributed by atoms with Gasteiger partial charge in [-0.2, -0.15) is 0 Å². The predicted octanol–water partition coefficient (Wildman–Crippen LogP) is 5.23. The van der Waals surface area contributed by atoms with Crippen molar-refractivity contribution in [3.8, 4) is 5.69 Å². The maximum absolute atomic E-state index is 13.4. The summed E-state index contributed by atoms with van der Waals surface area (Å²) in [5.41, 5.74) is 3.77. The van der Waals surface area contributed by atoms with Gasteiger partial charge >= 0.3 is 0 Å². The van der Waals surface area contributed by atoms with E-state index >= 15 is 0 Å². The number of hydrogen-bond donors (Lipinski definition) is 1. The van der Waals surface area contributed by atoms with Gasteiger partial charge in [-0.05, 0) is 43.7 Å². The van der Waals surface area contributed by atoms with Crippen LogP contribution in [0.15, 0.2) is 64.5 Å². The van der Waals surface area contributed by atoms with Crippen molar-refractivity contribution in [2.24, 2.45) is 0 Å². The van der Waals surface area contributed by atoms with Crippen LogP contribution in [0.3, 0.4) is 0 Å². The maximum Gasteiger partial charge on any atom is 0.267 e. The number of rotatable bonds is 4. The number of imidazole rings is 1. The van der Waals surface area contributed by atoms with Crippen LogP contribution >= 0.6 is 23.1 Å². The van der Waals surface area contributed by atoms with Crippen molar-refractivity contribution in [2.75, 3.05) is 0 Å². The van der Waals surface area contributed by atoms with Gasteiger partial charge in [-0.1, -0.05) is 42.1 Å². The Morgan fingerprint density at radius 1 is 1.03 bits per heavy atom. The van der Waals surface area contributed by atoms with E-state index in [1.54, 1.807) is 15.9 Å². The summed E-state index contributed by atoms with van der Waals surface area (Å²) in [6, 6.07) is 17.7. The normalized spacial score (nSPS) is 11.5. The number of H-pyrrole nitrogens is 1. The van der Waals surface area contributed by atoms with Gasteiger partial charge in [0.1, 0.15) is 10.7 Å². The lowest BCUT2D eigenvalue weighted by Gasteiger charge is -2.11. The van der Waals surface area contributed by atoms with Gasteiger partial charge in [0.15, 0.2) is 5.16 Å². The molecule has 0 atom stereocenters. The number of thiophene rings is 1. The number of thioether (sulfide) groups is 1. The minimum absolute atomic E-state index is 0.0184. The molecule has 0 radical (unpaired) electrons. The number of aromatic amines is 1. The predicted molar refractivity (Wildman–Crippen MR) is 120 cm³/mol. The zero-order valence-corrected chi connectivity index (χ0v) is 17.6. The van der Waals surface area contributed by atoms with Crippen LogP contribution in [0.2, 0.25) is 0 Å². The first-order valence-corrected chi connectivity index (χ1v) is 11.1. The van der Waals surface area contributed by atoms with Crippen LogP contribution in [0, 0.1) is 13.8 Å². The van der Waals surface area contributed by atoms with E-state index in [4.69, 9.17) is 4.98 Å². The van der Waals surface area contributed by atoms with Gasteiger partial charge in [0.25, 0.3) is 5.56 Å². The molecule has 144 valence electrons. The molecule has 7 heteroatoms. The highest BCUT2D eigenvalue weighted by Gasteiger charge is 2.18. The standard InChI is InChI=1S/C22H18N4OS2/c1-13-14(2)29-20-19(13)21(27)26(15-8-4-3-5-9-15)22(25-20)28-12-18-23-16-10-6-7-11-17(16)24-18/h3-11H,12H2,1-2H3,(H,23,24). The van der Waals surface area contributed by atoms with Gasteiger partial charge in [-0.25, -0.2) is 9.97 Å². The lowest BCUT2D eigenvalue weighted by molar-refractivity contribution is 0.821. The lowest BCUT2D eigenvalue weighted by Crippen LogP contribution is -2.21. The minimum atomic E-state index is -0.0184. The van der Waals surface area contributed by atoms with Gasteiger partial charge in [0, 0.05) is 4.88 Å². The van der Waals surface area contributed by atoms with Gasteiger partial charge in [0.2, 0.25) is 0 Å². The molecular weight excluding hydrogens is 400 g/mol. The molecule has 0 aliphatic rings. The van der Waals surface area contributed by atoms with E-state index in [-0.39, 0.29) is 5.56 Å². The number of para-hydroxylation sites is 3. The van der Waals surface area contributed by atoms with Crippen LogP contribution in [0.1, 0.15) is 16.3 Å². The number of nitrogens with zero attached hydrogens (tertiary/aromatic N) is 3. The molecule has 1 N–H and O–H groups in total. The van der Waals surface area contributed by atoms with Gasteiger partial charge in [0.05, 0.1) is 27.9 Å². The third-order valence-electron chi connectivity index (χ3n) is 4.96. The molecule has 0 fully saturated rings. The fourth-order valence-electron chi connectivity index (χ4n) is 3.38. The molecule has 3 heterocycles. The summed E-state index contributed by atoms with van der Waals surface area (Å²) in [5, 5.41) is 1.39. The summed E-state index contributed by atoms with van der Waals surface area (Å²) in [5.74, 6) is 1.46. The largest absolute Gasteiger partial charge is 0.341 e. The topological polar surface area (TPSA) is 63.6 Å². The van der Waals surface area contributed by atoms with Crippen LogP contribution in [0.4, 0.5) is 0 Å². The summed E-state index contributed by atoms with van der Waals surface area (Å²) in [7, 11) is 0. The highest BCUT2D eigenvalue weighted by molar-refractivity contribution is 7.98. The Labute approximate surface area is 175 Å². The second-order valence-electron chi connectivity index (χ2n) is 6.82. The number of benzene rings is 2. The molecule has 0 aliphatic carbocycles. The van der Waals surface area contributed by atoms with E-state index < -0.39 is 0 Å². The molecule has 0 saturated carbocycles. The maximum atomic E-state index is 13.4. The average Bonchev–Trinajstić information content (AvgIpc) is 3.27. The zero-order chi connectivity index (χ0) is 20.0. The number of aromatic nitrogens is 4. The van der Waals surface area contributed by atoms with Gasteiger partial charge < -0.3 is 4.98 Å². The third-order valence-corrected chi connectivity index (χ3v) is 7.01. The second kappa shape index (κ2) is 7.17. The Bertz CT molecular complexity index is 1370. The molecule has 5 aromatic rings. The Hall–Kier alpha value is -2.90. The first-order chi connectivity index (χ1) is 14.1. The van der Waals surface area contributed by atoms with Crippen molar-refractivity contribution in [1.82, 2.24) is 19.5 Å². The molecule has 0 spiro atoms. The first-order valence-electron chi connectivity index (χ1n) is 9.26. The Kier molecular flexibility index (Phi) is 4.49. The van der Waals surface area contributed by atoms with Gasteiger partial charge in [-0.15, -0.1) is 11.3 Å². The minimum Gasteiger partial charge on any atom is -0.341 e. The van der Waals surface area contributed by atoms with Crippen LogP contribution in [0.25, 0.3) is 26.9 Å². The molecule has 29 heavy (non-hydrogen) atoms. The molecule has 5 rings (SSSR count). The molecular formula is C22H18N4OS2. The summed E-state index contributed by atoms with van der Waals surface area (Å²) in [6.07, 6.45) is 0. The average molecular weight is 419 g/mol. The number of fused-ring (bicyclic) bond motifs is 2. The van der Waals surface area contributed by atoms with Crippen molar-refractivity contribution in [1.29, 1.82) is 0 Å². The van der Waals surface area contributed by atoms with Crippen molar-refractivity contribution < 1.29 is 0 Å². The molecule has 0 bridgehead atoms. The summed E-state index contributed by atoms with van der Waals surface area (Å²) < 4.78 is 1.72. The van der Waals surface area contributed by atoms with Crippen LogP contribution in [-0.4, -0.2) is 19.5 Å². The molecule has 0 saturated heterocycles. The van der Waals surface area contributed by atoms with E-state index in [0.717, 1.165) is 37.8 Å². The van der Waals surface area contributed by atoms with Crippen molar-refractivity contribution in [2.45, 2.75) is 24.8 Å². The Morgan fingerprint density at radius 2 is 1.79 bits per heavy atom. The highest BCUT2D eigenvalue weighted by atomic mass is 32.2. The Morgan fingerprint density at radius 3 is 2.59 bits per heavy atom. The van der Waals surface area contributed by atoms with E-state index in [0.29, 0.717) is 16.3 Å². The summed E-state index contributed by atoms with van der Waals surface area (Å²) >= 11 is 3.09. The smallest absolute Gasteiger partial charge is 0.267 e. The highest BCUT2D eigenvalue weighted by Crippen LogP contribution is 2.30. The van der Waals surface area contributed by atoms with E-state index in [1.165, 1.54) is 11.8 Å². The molecule has 2 aromatic carbocycles. The lowest BCUT2D eigenvalue weighted by atomic mass is 10.2. The monoisotopic (exact) mass is 418 g/mol. The van der Waals surface area contributed by atoms with Crippen LogP contribution in [0.5, 0.6) is 0 Å². The van der Waals surface area contributed by atoms with Crippen molar-refractivity contribution in [3.63, 3.8) is 0 Å².